The number of carbonyl (C=O) groups excluding carboxylic acids is 1. The summed E-state index contributed by atoms with van der Waals surface area (Å²) >= 11 is 0. The smallest absolute Gasteiger partial charge is 0.306 e. The van der Waals surface area contributed by atoms with Gasteiger partial charge in [-0.3, -0.25) is 4.79 Å². The van der Waals surface area contributed by atoms with E-state index in [1.165, 1.54) is 109 Å². The Morgan fingerprint density at radius 1 is 0.532 bits per heavy atom. The molecule has 0 aromatic carbocycles. The van der Waals surface area contributed by atoms with Gasteiger partial charge in [0, 0.05) is 13.0 Å². The molecule has 0 bridgehead atoms. The summed E-state index contributed by atoms with van der Waals surface area (Å²) in [6, 6.07) is 0. The van der Waals surface area contributed by atoms with Gasteiger partial charge in [-0.15, -0.1) is 0 Å². The zero-order chi connectivity index (χ0) is 34.1. The fourth-order valence-corrected chi connectivity index (χ4v) is 5.39. The number of rotatable bonds is 36. The van der Waals surface area contributed by atoms with Gasteiger partial charge in [-0.1, -0.05) is 164 Å². The van der Waals surface area contributed by atoms with Gasteiger partial charge in [-0.25, -0.2) is 0 Å². The van der Waals surface area contributed by atoms with Crippen LogP contribution in [-0.4, -0.2) is 37.0 Å². The second-order valence-electron chi connectivity index (χ2n) is 13.0. The molecule has 0 aliphatic heterocycles. The quantitative estimate of drug-likeness (QED) is 0.0414. The van der Waals surface area contributed by atoms with Crippen molar-refractivity contribution in [3.05, 3.63) is 60.8 Å². The lowest BCUT2D eigenvalue weighted by atomic mass is 10.1. The molecule has 0 aromatic rings. The van der Waals surface area contributed by atoms with E-state index in [0.29, 0.717) is 13.0 Å². The van der Waals surface area contributed by atoms with Gasteiger partial charge in [0.1, 0.15) is 6.10 Å². The molecular formula is C43H76O4. The summed E-state index contributed by atoms with van der Waals surface area (Å²) in [7, 11) is 0. The minimum Gasteiger partial charge on any atom is -0.457 e. The van der Waals surface area contributed by atoms with Crippen molar-refractivity contribution in [3.8, 4) is 0 Å². The van der Waals surface area contributed by atoms with Crippen molar-refractivity contribution in [2.24, 2.45) is 0 Å². The second-order valence-corrected chi connectivity index (χ2v) is 13.0. The maximum absolute atomic E-state index is 12.2. The molecule has 0 aliphatic rings. The van der Waals surface area contributed by atoms with Crippen molar-refractivity contribution in [3.63, 3.8) is 0 Å². The first-order chi connectivity index (χ1) is 23.2. The summed E-state index contributed by atoms with van der Waals surface area (Å²) in [5, 5.41) is 9.56. The highest BCUT2D eigenvalue weighted by molar-refractivity contribution is 5.69. The van der Waals surface area contributed by atoms with Gasteiger partial charge in [-0.05, 0) is 70.6 Å². The molecule has 0 amide bonds. The maximum Gasteiger partial charge on any atom is 0.306 e. The molecule has 1 unspecified atom stereocenters. The van der Waals surface area contributed by atoms with E-state index in [9.17, 15) is 9.90 Å². The molecule has 0 aromatic heterocycles. The van der Waals surface area contributed by atoms with E-state index in [0.717, 1.165) is 51.4 Å². The van der Waals surface area contributed by atoms with Gasteiger partial charge < -0.3 is 14.6 Å². The molecular weight excluding hydrogens is 580 g/mol. The predicted molar refractivity (Wildman–Crippen MR) is 205 cm³/mol. The Labute approximate surface area is 292 Å². The van der Waals surface area contributed by atoms with E-state index in [1.807, 2.05) is 0 Å². The molecule has 4 heteroatoms. The Kier molecular flexibility index (Phi) is 38.6. The molecule has 272 valence electrons. The average Bonchev–Trinajstić information content (AvgIpc) is 3.08. The monoisotopic (exact) mass is 657 g/mol. The van der Waals surface area contributed by atoms with Crippen molar-refractivity contribution >= 4 is 5.97 Å². The SMILES string of the molecule is CC/C=C\C/C=C\C/C=C\C/C=C\CCCOCC(CO)OC(=O)CCCCCCCCCCC/C=C\CCCCCCCCCC. The first-order valence-corrected chi connectivity index (χ1v) is 19.9. The average molecular weight is 657 g/mol. The van der Waals surface area contributed by atoms with Crippen LogP contribution in [-0.2, 0) is 14.3 Å². The number of aliphatic hydroxyl groups is 1. The number of allylic oxidation sites excluding steroid dienone is 10. The summed E-state index contributed by atoms with van der Waals surface area (Å²) in [6.45, 7) is 5.09. The molecule has 0 radical (unpaired) electrons. The van der Waals surface area contributed by atoms with Crippen LogP contribution in [0.5, 0.6) is 0 Å². The topological polar surface area (TPSA) is 55.8 Å². The lowest BCUT2D eigenvalue weighted by Gasteiger charge is -2.15. The molecule has 1 atom stereocenters. The minimum absolute atomic E-state index is 0.196. The maximum atomic E-state index is 12.2. The van der Waals surface area contributed by atoms with Crippen LogP contribution < -0.4 is 0 Å². The third-order valence-electron chi connectivity index (χ3n) is 8.33. The van der Waals surface area contributed by atoms with Gasteiger partial charge in [0.25, 0.3) is 0 Å². The number of esters is 1. The van der Waals surface area contributed by atoms with Gasteiger partial charge >= 0.3 is 5.97 Å². The Hall–Kier alpha value is -1.91. The summed E-state index contributed by atoms with van der Waals surface area (Å²) in [6.07, 6.45) is 52.8. The van der Waals surface area contributed by atoms with E-state index in [4.69, 9.17) is 9.47 Å². The van der Waals surface area contributed by atoms with E-state index in [-0.39, 0.29) is 19.2 Å². The molecule has 0 heterocycles. The predicted octanol–water partition coefficient (Wildman–Crippen LogP) is 12.9. The Morgan fingerprint density at radius 2 is 0.957 bits per heavy atom. The lowest BCUT2D eigenvalue weighted by Crippen LogP contribution is -2.27. The fraction of sp³-hybridized carbons (Fsp3) is 0.744. The third kappa shape index (κ3) is 38.4. The first-order valence-electron chi connectivity index (χ1n) is 19.9. The van der Waals surface area contributed by atoms with Gasteiger partial charge in [0.05, 0.1) is 13.2 Å². The van der Waals surface area contributed by atoms with Crippen LogP contribution in [0.15, 0.2) is 60.8 Å². The summed E-state index contributed by atoms with van der Waals surface area (Å²) in [4.78, 5) is 12.2. The van der Waals surface area contributed by atoms with Crippen LogP contribution in [0.4, 0.5) is 0 Å². The molecule has 0 rings (SSSR count). The third-order valence-corrected chi connectivity index (χ3v) is 8.33. The van der Waals surface area contributed by atoms with E-state index >= 15 is 0 Å². The van der Waals surface area contributed by atoms with E-state index < -0.39 is 6.10 Å². The van der Waals surface area contributed by atoms with Gasteiger partial charge in [0.15, 0.2) is 0 Å². The molecule has 0 spiro atoms. The van der Waals surface area contributed by atoms with Crippen LogP contribution >= 0.6 is 0 Å². The molecule has 47 heavy (non-hydrogen) atoms. The minimum atomic E-state index is -0.565. The number of hydrogen-bond donors (Lipinski definition) is 1. The molecule has 0 aliphatic carbocycles. The normalized spacial score (nSPS) is 13.0. The van der Waals surface area contributed by atoms with Gasteiger partial charge in [-0.2, -0.15) is 0 Å². The standard InChI is InChI=1S/C43H76O4/c1-3-5-7-9-11-13-15-17-19-20-21-22-23-24-25-26-28-30-32-34-36-38-43(45)47-42(40-44)41-46-39-37-35-33-31-29-27-18-16-14-12-10-8-6-4-2/h6,8,12,14,18,20-21,27,31,33,42,44H,3-5,7,9-11,13,15-17,19,22-26,28-30,32,34-41H2,1-2H3/b8-6-,14-12-,21-20-,27-18-,33-31-. The molecule has 0 saturated heterocycles. The highest BCUT2D eigenvalue weighted by Crippen LogP contribution is 2.13. The van der Waals surface area contributed by atoms with Gasteiger partial charge in [0.2, 0.25) is 0 Å². The van der Waals surface area contributed by atoms with Crippen LogP contribution in [0.1, 0.15) is 181 Å². The van der Waals surface area contributed by atoms with Crippen molar-refractivity contribution < 1.29 is 19.4 Å². The number of hydrogen-bond acceptors (Lipinski definition) is 4. The molecule has 4 nitrogen and oxygen atoms in total. The highest BCUT2D eigenvalue weighted by atomic mass is 16.6. The van der Waals surface area contributed by atoms with Crippen molar-refractivity contribution in [1.82, 2.24) is 0 Å². The Balaban J connectivity index is 3.50. The van der Waals surface area contributed by atoms with Crippen LogP contribution in [0.25, 0.3) is 0 Å². The lowest BCUT2D eigenvalue weighted by molar-refractivity contribution is -0.154. The number of carbonyl (C=O) groups is 1. The Bertz CT molecular complexity index is 779. The molecule has 0 saturated carbocycles. The zero-order valence-electron chi connectivity index (χ0n) is 31.0. The van der Waals surface area contributed by atoms with Crippen molar-refractivity contribution in [1.29, 1.82) is 0 Å². The molecule has 1 N–H and O–H groups in total. The largest absolute Gasteiger partial charge is 0.457 e. The van der Waals surface area contributed by atoms with Crippen LogP contribution in [0, 0.1) is 0 Å². The fourth-order valence-electron chi connectivity index (χ4n) is 5.39. The summed E-state index contributed by atoms with van der Waals surface area (Å²) in [5.74, 6) is -0.223. The first kappa shape index (κ1) is 45.1. The molecule has 0 fully saturated rings. The number of unbranched alkanes of at least 4 members (excludes halogenated alkanes) is 18. The summed E-state index contributed by atoms with van der Waals surface area (Å²) < 4.78 is 11.1. The number of ether oxygens (including phenoxy) is 2. The highest BCUT2D eigenvalue weighted by Gasteiger charge is 2.13. The second kappa shape index (κ2) is 40.3. The Morgan fingerprint density at radius 3 is 1.47 bits per heavy atom. The van der Waals surface area contributed by atoms with Crippen molar-refractivity contribution in [2.45, 2.75) is 187 Å². The van der Waals surface area contributed by atoms with E-state index in [1.54, 1.807) is 0 Å². The summed E-state index contributed by atoms with van der Waals surface area (Å²) in [5.41, 5.74) is 0. The van der Waals surface area contributed by atoms with Crippen LogP contribution in [0.3, 0.4) is 0 Å². The van der Waals surface area contributed by atoms with Crippen LogP contribution in [0.2, 0.25) is 0 Å². The zero-order valence-corrected chi connectivity index (χ0v) is 31.0. The van der Waals surface area contributed by atoms with E-state index in [2.05, 4.69) is 74.6 Å². The van der Waals surface area contributed by atoms with Crippen molar-refractivity contribution in [2.75, 3.05) is 19.8 Å². The number of aliphatic hydroxyl groups excluding tert-OH is 1.